The van der Waals surface area contributed by atoms with E-state index in [2.05, 4.69) is 12.2 Å². The summed E-state index contributed by atoms with van der Waals surface area (Å²) in [4.78, 5) is 0. The van der Waals surface area contributed by atoms with Crippen molar-refractivity contribution in [3.8, 4) is 0 Å². The minimum Gasteiger partial charge on any atom is -0.377 e. The molecule has 94 valence electrons. The summed E-state index contributed by atoms with van der Waals surface area (Å²) in [5.41, 5.74) is 0.195. The Bertz CT molecular complexity index is 207. The normalized spacial score (nSPS) is 33.4. The van der Waals surface area contributed by atoms with Gasteiger partial charge in [0.15, 0.2) is 0 Å². The summed E-state index contributed by atoms with van der Waals surface area (Å²) in [5.74, 6) is 1.86. The predicted octanol–water partition coefficient (Wildman–Crippen LogP) is 2.97. The average molecular weight is 225 g/mol. The minimum atomic E-state index is 0.195. The van der Waals surface area contributed by atoms with Gasteiger partial charge in [-0.3, -0.25) is 0 Å². The number of ether oxygens (including phenoxy) is 1. The van der Waals surface area contributed by atoms with Crippen LogP contribution < -0.4 is 5.32 Å². The van der Waals surface area contributed by atoms with E-state index in [-0.39, 0.29) is 5.60 Å². The van der Waals surface area contributed by atoms with E-state index in [0.717, 1.165) is 18.4 Å². The van der Waals surface area contributed by atoms with Crippen molar-refractivity contribution in [1.29, 1.82) is 0 Å². The molecule has 2 rings (SSSR count). The van der Waals surface area contributed by atoms with Crippen LogP contribution in [0.1, 0.15) is 51.9 Å². The molecule has 2 unspecified atom stereocenters. The third-order valence-electron chi connectivity index (χ3n) is 4.62. The lowest BCUT2D eigenvalue weighted by atomic mass is 9.79. The second-order valence-corrected chi connectivity index (χ2v) is 6.01. The summed E-state index contributed by atoms with van der Waals surface area (Å²) in [6.07, 6.45) is 9.57. The van der Waals surface area contributed by atoms with Gasteiger partial charge in [0.2, 0.25) is 0 Å². The molecule has 2 fully saturated rings. The van der Waals surface area contributed by atoms with Crippen LogP contribution >= 0.6 is 0 Å². The van der Waals surface area contributed by atoms with Crippen LogP contribution in [-0.2, 0) is 4.74 Å². The first-order valence-electron chi connectivity index (χ1n) is 7.00. The van der Waals surface area contributed by atoms with Crippen LogP contribution in [0.25, 0.3) is 0 Å². The monoisotopic (exact) mass is 225 g/mol. The highest BCUT2D eigenvalue weighted by Gasteiger charge is 2.36. The first-order chi connectivity index (χ1) is 7.74. The lowest BCUT2D eigenvalue weighted by Gasteiger charge is -2.41. The fourth-order valence-electron chi connectivity index (χ4n) is 3.27. The van der Waals surface area contributed by atoms with Crippen LogP contribution in [0.2, 0.25) is 0 Å². The minimum absolute atomic E-state index is 0.195. The molecule has 0 aromatic carbocycles. The molecular formula is C14H27NO. The van der Waals surface area contributed by atoms with E-state index < -0.39 is 0 Å². The fourth-order valence-corrected chi connectivity index (χ4v) is 3.27. The zero-order valence-electron chi connectivity index (χ0n) is 10.9. The summed E-state index contributed by atoms with van der Waals surface area (Å²) >= 11 is 0. The van der Waals surface area contributed by atoms with Gasteiger partial charge in [0.25, 0.3) is 0 Å². The van der Waals surface area contributed by atoms with Gasteiger partial charge in [-0.2, -0.15) is 0 Å². The summed E-state index contributed by atoms with van der Waals surface area (Å²) in [5, 5.41) is 3.64. The van der Waals surface area contributed by atoms with E-state index in [1.54, 1.807) is 0 Å². The van der Waals surface area contributed by atoms with Gasteiger partial charge in [-0.1, -0.05) is 19.8 Å². The van der Waals surface area contributed by atoms with Crippen molar-refractivity contribution < 1.29 is 4.74 Å². The van der Waals surface area contributed by atoms with Gasteiger partial charge in [-0.15, -0.1) is 0 Å². The summed E-state index contributed by atoms with van der Waals surface area (Å²) in [6, 6.07) is 0. The van der Waals surface area contributed by atoms with E-state index in [0.29, 0.717) is 0 Å². The predicted molar refractivity (Wildman–Crippen MR) is 67.6 cm³/mol. The van der Waals surface area contributed by atoms with Crippen molar-refractivity contribution in [1.82, 2.24) is 5.32 Å². The maximum atomic E-state index is 5.62. The van der Waals surface area contributed by atoms with Gasteiger partial charge in [0.1, 0.15) is 0 Å². The summed E-state index contributed by atoms with van der Waals surface area (Å²) < 4.78 is 5.62. The maximum absolute atomic E-state index is 5.62. The molecule has 2 aliphatic carbocycles. The topological polar surface area (TPSA) is 21.3 Å². The van der Waals surface area contributed by atoms with E-state index in [1.807, 2.05) is 7.11 Å². The van der Waals surface area contributed by atoms with Crippen molar-refractivity contribution in [2.24, 2.45) is 11.8 Å². The molecule has 0 heterocycles. The van der Waals surface area contributed by atoms with Crippen molar-refractivity contribution in [3.63, 3.8) is 0 Å². The number of rotatable bonds is 5. The molecule has 0 radical (unpaired) electrons. The summed E-state index contributed by atoms with van der Waals surface area (Å²) in [7, 11) is 1.86. The molecule has 1 N–H and O–H groups in total. The van der Waals surface area contributed by atoms with E-state index >= 15 is 0 Å². The van der Waals surface area contributed by atoms with Gasteiger partial charge < -0.3 is 10.1 Å². The molecule has 0 aromatic heterocycles. The first-order valence-corrected chi connectivity index (χ1v) is 7.00. The Morgan fingerprint density at radius 1 is 1.25 bits per heavy atom. The van der Waals surface area contributed by atoms with Crippen LogP contribution in [0.5, 0.6) is 0 Å². The number of methoxy groups -OCH3 is 1. The quantitative estimate of drug-likeness (QED) is 0.776. The van der Waals surface area contributed by atoms with Gasteiger partial charge in [0, 0.05) is 13.7 Å². The van der Waals surface area contributed by atoms with Crippen LogP contribution in [0, 0.1) is 11.8 Å². The van der Waals surface area contributed by atoms with Crippen LogP contribution in [0.4, 0.5) is 0 Å². The Morgan fingerprint density at radius 2 is 2.06 bits per heavy atom. The summed E-state index contributed by atoms with van der Waals surface area (Å²) in [6.45, 7) is 4.67. The SMILES string of the molecule is COC1(CNCC2CCCC(C)C2)CCC1. The molecule has 2 aliphatic rings. The highest BCUT2D eigenvalue weighted by atomic mass is 16.5. The Kier molecular flexibility index (Phi) is 4.26. The van der Waals surface area contributed by atoms with Crippen LogP contribution in [0.3, 0.4) is 0 Å². The molecule has 0 bridgehead atoms. The standard InChI is InChI=1S/C14H27NO/c1-12-5-3-6-13(9-12)10-15-11-14(16-2)7-4-8-14/h12-13,15H,3-11H2,1-2H3. The number of hydrogen-bond donors (Lipinski definition) is 1. The maximum Gasteiger partial charge on any atom is 0.0802 e. The lowest BCUT2D eigenvalue weighted by Crippen LogP contribution is -2.48. The fraction of sp³-hybridized carbons (Fsp3) is 1.00. The number of nitrogens with one attached hydrogen (secondary N) is 1. The molecule has 0 aromatic rings. The van der Waals surface area contributed by atoms with Gasteiger partial charge >= 0.3 is 0 Å². The van der Waals surface area contributed by atoms with Crippen LogP contribution in [-0.4, -0.2) is 25.8 Å². The second kappa shape index (κ2) is 5.50. The molecule has 2 heteroatoms. The van der Waals surface area contributed by atoms with Gasteiger partial charge in [-0.25, -0.2) is 0 Å². The highest BCUT2D eigenvalue weighted by Crippen LogP contribution is 2.34. The van der Waals surface area contributed by atoms with E-state index in [4.69, 9.17) is 4.74 Å². The van der Waals surface area contributed by atoms with Crippen molar-refractivity contribution in [2.75, 3.05) is 20.2 Å². The smallest absolute Gasteiger partial charge is 0.0802 e. The first kappa shape index (κ1) is 12.4. The highest BCUT2D eigenvalue weighted by molar-refractivity contribution is 4.91. The lowest BCUT2D eigenvalue weighted by molar-refractivity contribution is -0.0698. The van der Waals surface area contributed by atoms with Crippen molar-refractivity contribution in [3.05, 3.63) is 0 Å². The Labute approximate surface area is 100 Å². The molecule has 0 spiro atoms. The van der Waals surface area contributed by atoms with Crippen molar-refractivity contribution in [2.45, 2.75) is 57.5 Å². The molecule has 0 aliphatic heterocycles. The van der Waals surface area contributed by atoms with Crippen LogP contribution in [0.15, 0.2) is 0 Å². The molecular weight excluding hydrogens is 198 g/mol. The third-order valence-corrected chi connectivity index (χ3v) is 4.62. The molecule has 16 heavy (non-hydrogen) atoms. The Balaban J connectivity index is 1.63. The van der Waals surface area contributed by atoms with Crippen molar-refractivity contribution >= 4 is 0 Å². The third kappa shape index (κ3) is 2.98. The van der Waals surface area contributed by atoms with E-state index in [1.165, 1.54) is 51.5 Å². The largest absolute Gasteiger partial charge is 0.377 e. The molecule has 2 atom stereocenters. The zero-order chi connectivity index (χ0) is 11.4. The molecule has 2 nitrogen and oxygen atoms in total. The Hall–Kier alpha value is -0.0800. The number of hydrogen-bond acceptors (Lipinski definition) is 2. The molecule has 2 saturated carbocycles. The van der Waals surface area contributed by atoms with Gasteiger partial charge in [-0.05, 0) is 50.5 Å². The zero-order valence-corrected chi connectivity index (χ0v) is 10.9. The molecule has 0 saturated heterocycles. The van der Waals surface area contributed by atoms with Gasteiger partial charge in [0.05, 0.1) is 5.60 Å². The van der Waals surface area contributed by atoms with E-state index in [9.17, 15) is 0 Å². The molecule has 0 amide bonds. The average Bonchev–Trinajstić information content (AvgIpc) is 2.22. The second-order valence-electron chi connectivity index (χ2n) is 6.01. The Morgan fingerprint density at radius 3 is 2.62 bits per heavy atom.